The van der Waals surface area contributed by atoms with Crippen molar-refractivity contribution in [2.24, 2.45) is 0 Å². The number of halogens is 1. The summed E-state index contributed by atoms with van der Waals surface area (Å²) >= 11 is 7.60. The summed E-state index contributed by atoms with van der Waals surface area (Å²) in [6, 6.07) is 13.8. The molecule has 1 N–H and O–H groups in total. The highest BCUT2D eigenvalue weighted by molar-refractivity contribution is 7.99. The number of nitrogens with one attached hydrogen (secondary N) is 1. The van der Waals surface area contributed by atoms with Crippen molar-refractivity contribution in [3.8, 4) is 0 Å². The molecule has 0 bridgehead atoms. The number of carbonyl (C=O) groups excluding carboxylic acids is 1. The van der Waals surface area contributed by atoms with E-state index >= 15 is 0 Å². The Morgan fingerprint density at radius 3 is 2.55 bits per heavy atom. The van der Waals surface area contributed by atoms with E-state index in [1.54, 1.807) is 11.8 Å². The van der Waals surface area contributed by atoms with Crippen molar-refractivity contribution in [2.45, 2.75) is 31.6 Å². The van der Waals surface area contributed by atoms with Crippen molar-refractivity contribution in [1.29, 1.82) is 0 Å². The van der Waals surface area contributed by atoms with Gasteiger partial charge in [0.25, 0.3) is 0 Å². The Kier molecular flexibility index (Phi) is 6.34. The van der Waals surface area contributed by atoms with Crippen LogP contribution in [0.15, 0.2) is 47.4 Å². The highest BCUT2D eigenvalue weighted by Gasteiger charge is 2.05. The minimum Gasteiger partial charge on any atom is -0.326 e. The van der Waals surface area contributed by atoms with Gasteiger partial charge in [0, 0.05) is 22.0 Å². The predicted octanol–water partition coefficient (Wildman–Crippen LogP) is 5.47. The van der Waals surface area contributed by atoms with Crippen LogP contribution in [0.25, 0.3) is 0 Å². The minimum atomic E-state index is 0.0728. The van der Waals surface area contributed by atoms with Gasteiger partial charge >= 0.3 is 0 Å². The second-order valence-corrected chi connectivity index (χ2v) is 6.88. The van der Waals surface area contributed by atoms with E-state index in [2.05, 4.69) is 11.4 Å². The van der Waals surface area contributed by atoms with E-state index in [9.17, 15) is 4.79 Å². The van der Waals surface area contributed by atoms with Gasteiger partial charge in [-0.05, 0) is 61.9 Å². The minimum absolute atomic E-state index is 0.0728. The van der Waals surface area contributed by atoms with Crippen LogP contribution in [0.4, 0.5) is 5.69 Å². The van der Waals surface area contributed by atoms with Crippen LogP contribution in [0.1, 0.15) is 24.0 Å². The van der Waals surface area contributed by atoms with Crippen LogP contribution in [0.3, 0.4) is 0 Å². The molecule has 0 aliphatic rings. The molecule has 0 spiro atoms. The first-order valence-corrected chi connectivity index (χ1v) is 8.66. The van der Waals surface area contributed by atoms with Crippen LogP contribution in [0.5, 0.6) is 0 Å². The lowest BCUT2D eigenvalue weighted by Gasteiger charge is -2.09. The fourth-order valence-electron chi connectivity index (χ4n) is 2.12. The van der Waals surface area contributed by atoms with Crippen LogP contribution in [0.2, 0.25) is 5.02 Å². The summed E-state index contributed by atoms with van der Waals surface area (Å²) in [5.74, 6) is 0.991. The zero-order valence-corrected chi connectivity index (χ0v) is 14.4. The fraction of sp³-hybridized carbons (Fsp3) is 0.278. The van der Waals surface area contributed by atoms with Gasteiger partial charge in [0.2, 0.25) is 5.91 Å². The van der Waals surface area contributed by atoms with Crippen LogP contribution < -0.4 is 5.32 Å². The molecular weight excluding hydrogens is 314 g/mol. The topological polar surface area (TPSA) is 29.1 Å². The molecule has 0 aromatic heterocycles. The third-order valence-electron chi connectivity index (χ3n) is 3.29. The Morgan fingerprint density at radius 1 is 1.14 bits per heavy atom. The van der Waals surface area contributed by atoms with Gasteiger partial charge in [-0.3, -0.25) is 4.79 Å². The van der Waals surface area contributed by atoms with E-state index in [1.807, 2.05) is 50.2 Å². The highest BCUT2D eigenvalue weighted by atomic mass is 35.5. The van der Waals surface area contributed by atoms with Crippen molar-refractivity contribution >= 4 is 35.0 Å². The quantitative estimate of drug-likeness (QED) is 0.561. The molecule has 0 saturated carbocycles. The maximum atomic E-state index is 12.0. The first-order chi connectivity index (χ1) is 10.5. The molecule has 2 aromatic rings. The molecule has 2 aromatic carbocycles. The second kappa shape index (κ2) is 8.25. The summed E-state index contributed by atoms with van der Waals surface area (Å²) in [6.07, 6.45) is 1.39. The SMILES string of the molecule is Cc1ccc(NC(=O)CCCSc2ccc(Cl)cc2)c(C)c1. The van der Waals surface area contributed by atoms with E-state index in [1.165, 1.54) is 10.5 Å². The zero-order valence-electron chi connectivity index (χ0n) is 12.9. The Hall–Kier alpha value is -1.45. The maximum Gasteiger partial charge on any atom is 0.224 e. The molecule has 0 heterocycles. The van der Waals surface area contributed by atoms with Gasteiger partial charge in [0.05, 0.1) is 0 Å². The fourth-order valence-corrected chi connectivity index (χ4v) is 3.10. The van der Waals surface area contributed by atoms with Crippen LogP contribution in [-0.4, -0.2) is 11.7 Å². The molecule has 0 radical (unpaired) electrons. The number of amides is 1. The van der Waals surface area contributed by atoms with E-state index in [0.717, 1.165) is 28.4 Å². The third-order valence-corrected chi connectivity index (χ3v) is 4.64. The van der Waals surface area contributed by atoms with Crippen molar-refractivity contribution < 1.29 is 4.79 Å². The maximum absolute atomic E-state index is 12.0. The molecule has 2 nitrogen and oxygen atoms in total. The van der Waals surface area contributed by atoms with E-state index in [-0.39, 0.29) is 5.91 Å². The normalized spacial score (nSPS) is 10.5. The summed E-state index contributed by atoms with van der Waals surface area (Å²) in [5.41, 5.74) is 3.21. The molecule has 2 rings (SSSR count). The summed E-state index contributed by atoms with van der Waals surface area (Å²) in [4.78, 5) is 13.1. The number of carbonyl (C=O) groups is 1. The van der Waals surface area contributed by atoms with Gasteiger partial charge in [-0.2, -0.15) is 0 Å². The smallest absolute Gasteiger partial charge is 0.224 e. The first-order valence-electron chi connectivity index (χ1n) is 7.30. The van der Waals surface area contributed by atoms with Gasteiger partial charge in [-0.15, -0.1) is 11.8 Å². The Bertz CT molecular complexity index is 640. The molecule has 116 valence electrons. The highest BCUT2D eigenvalue weighted by Crippen LogP contribution is 2.22. The zero-order chi connectivity index (χ0) is 15.9. The van der Waals surface area contributed by atoms with Crippen LogP contribution in [-0.2, 0) is 4.79 Å². The first kappa shape index (κ1) is 16.9. The molecule has 4 heteroatoms. The lowest BCUT2D eigenvalue weighted by atomic mass is 10.1. The molecule has 0 aliphatic carbocycles. The summed E-state index contributed by atoms with van der Waals surface area (Å²) in [6.45, 7) is 4.06. The van der Waals surface area contributed by atoms with Gasteiger partial charge in [0.1, 0.15) is 0 Å². The standard InChI is InChI=1S/C18H20ClNOS/c1-13-5-10-17(14(2)12-13)20-18(21)4-3-11-22-16-8-6-15(19)7-9-16/h5-10,12H,3-4,11H2,1-2H3,(H,20,21). The van der Waals surface area contributed by atoms with Gasteiger partial charge in [-0.25, -0.2) is 0 Å². The summed E-state index contributed by atoms with van der Waals surface area (Å²) in [5, 5.41) is 3.73. The summed E-state index contributed by atoms with van der Waals surface area (Å²) in [7, 11) is 0. The van der Waals surface area contributed by atoms with Gasteiger partial charge in [-0.1, -0.05) is 29.3 Å². The van der Waals surface area contributed by atoms with Crippen molar-refractivity contribution in [2.75, 3.05) is 11.1 Å². The summed E-state index contributed by atoms with van der Waals surface area (Å²) < 4.78 is 0. The molecule has 1 amide bonds. The molecule has 0 unspecified atom stereocenters. The Balaban J connectivity index is 1.72. The number of anilines is 1. The Labute approximate surface area is 141 Å². The largest absolute Gasteiger partial charge is 0.326 e. The number of benzene rings is 2. The van der Waals surface area contributed by atoms with E-state index < -0.39 is 0 Å². The Morgan fingerprint density at radius 2 is 1.86 bits per heavy atom. The second-order valence-electron chi connectivity index (χ2n) is 5.27. The van der Waals surface area contributed by atoms with Crippen LogP contribution in [0, 0.1) is 13.8 Å². The number of thioether (sulfide) groups is 1. The third kappa shape index (κ3) is 5.39. The van der Waals surface area contributed by atoms with Crippen molar-refractivity contribution in [3.63, 3.8) is 0 Å². The monoisotopic (exact) mass is 333 g/mol. The predicted molar refractivity (Wildman–Crippen MR) is 96.0 cm³/mol. The van der Waals surface area contributed by atoms with E-state index in [0.29, 0.717) is 6.42 Å². The lowest BCUT2D eigenvalue weighted by Crippen LogP contribution is -2.12. The number of rotatable bonds is 6. The molecule has 0 atom stereocenters. The van der Waals surface area contributed by atoms with Gasteiger partial charge in [0.15, 0.2) is 0 Å². The van der Waals surface area contributed by atoms with Gasteiger partial charge < -0.3 is 5.32 Å². The molecular formula is C18H20ClNOS. The molecule has 0 saturated heterocycles. The van der Waals surface area contributed by atoms with Crippen molar-refractivity contribution in [3.05, 3.63) is 58.6 Å². The number of aryl methyl sites for hydroxylation is 2. The molecule has 22 heavy (non-hydrogen) atoms. The average Bonchev–Trinajstić information content (AvgIpc) is 2.48. The number of hydrogen-bond acceptors (Lipinski definition) is 2. The average molecular weight is 334 g/mol. The number of hydrogen-bond donors (Lipinski definition) is 1. The van der Waals surface area contributed by atoms with E-state index in [4.69, 9.17) is 11.6 Å². The molecule has 0 aliphatic heterocycles. The van der Waals surface area contributed by atoms with Crippen molar-refractivity contribution in [1.82, 2.24) is 0 Å². The lowest BCUT2D eigenvalue weighted by molar-refractivity contribution is -0.116. The molecule has 0 fully saturated rings. The van der Waals surface area contributed by atoms with Crippen LogP contribution >= 0.6 is 23.4 Å².